The zero-order valence-corrected chi connectivity index (χ0v) is 10.0. The lowest BCUT2D eigenvalue weighted by Gasteiger charge is -2.11. The standard InChI is InChI=1S/C9H9F3N2O4S/c10-9(11,12)4-14-19(17,18)7-2-1-5(8(15)16)3-6(7)13/h1-3,14H,4,13H2,(H,15,16). The molecule has 19 heavy (non-hydrogen) atoms. The van der Waals surface area contributed by atoms with Gasteiger partial charge >= 0.3 is 12.1 Å². The van der Waals surface area contributed by atoms with Gasteiger partial charge in [0.2, 0.25) is 10.0 Å². The van der Waals surface area contributed by atoms with Crippen molar-refractivity contribution in [1.29, 1.82) is 0 Å². The number of nitrogens with one attached hydrogen (secondary N) is 1. The molecule has 0 radical (unpaired) electrons. The van der Waals surface area contributed by atoms with Crippen molar-refractivity contribution in [2.24, 2.45) is 0 Å². The van der Waals surface area contributed by atoms with Crippen LogP contribution in [-0.2, 0) is 10.0 Å². The smallest absolute Gasteiger partial charge is 0.402 e. The number of rotatable bonds is 4. The van der Waals surface area contributed by atoms with E-state index in [4.69, 9.17) is 10.8 Å². The van der Waals surface area contributed by atoms with E-state index in [0.717, 1.165) is 18.2 Å². The lowest BCUT2D eigenvalue weighted by atomic mass is 10.2. The number of benzene rings is 1. The van der Waals surface area contributed by atoms with E-state index in [2.05, 4.69) is 0 Å². The minimum Gasteiger partial charge on any atom is -0.478 e. The molecule has 0 saturated heterocycles. The Kier molecular flexibility index (Phi) is 4.06. The highest BCUT2D eigenvalue weighted by molar-refractivity contribution is 7.89. The summed E-state index contributed by atoms with van der Waals surface area (Å²) in [6.07, 6.45) is -4.71. The average molecular weight is 298 g/mol. The van der Waals surface area contributed by atoms with Crippen LogP contribution < -0.4 is 10.5 Å². The fourth-order valence-corrected chi connectivity index (χ4v) is 2.31. The van der Waals surface area contributed by atoms with Crippen LogP contribution in [0, 0.1) is 0 Å². The van der Waals surface area contributed by atoms with Gasteiger partial charge in [0.15, 0.2) is 0 Å². The second-order valence-corrected chi connectivity index (χ2v) is 5.23. The van der Waals surface area contributed by atoms with Gasteiger partial charge in [0.25, 0.3) is 0 Å². The lowest BCUT2D eigenvalue weighted by Crippen LogP contribution is -2.34. The normalized spacial score (nSPS) is 12.4. The summed E-state index contributed by atoms with van der Waals surface area (Å²) >= 11 is 0. The molecule has 0 spiro atoms. The van der Waals surface area contributed by atoms with E-state index in [1.54, 1.807) is 0 Å². The molecular formula is C9H9F3N2O4S. The Morgan fingerprint density at radius 3 is 2.37 bits per heavy atom. The van der Waals surface area contributed by atoms with Crippen LogP contribution in [0.2, 0.25) is 0 Å². The highest BCUT2D eigenvalue weighted by Gasteiger charge is 2.30. The Labute approximate surface area is 106 Å². The molecular weight excluding hydrogens is 289 g/mol. The van der Waals surface area contributed by atoms with Gasteiger partial charge in [-0.15, -0.1) is 0 Å². The maximum Gasteiger partial charge on any atom is 0.402 e. The number of carboxylic acids is 1. The van der Waals surface area contributed by atoms with Crippen LogP contribution in [0.5, 0.6) is 0 Å². The number of carboxylic acid groups (broad SMARTS) is 1. The third-order valence-corrected chi connectivity index (χ3v) is 3.48. The second-order valence-electron chi connectivity index (χ2n) is 3.50. The third kappa shape index (κ3) is 4.10. The summed E-state index contributed by atoms with van der Waals surface area (Å²) in [6.45, 7) is -1.74. The third-order valence-electron chi connectivity index (χ3n) is 2.01. The van der Waals surface area contributed by atoms with Crippen LogP contribution in [0.1, 0.15) is 10.4 Å². The molecule has 1 aromatic carbocycles. The maximum absolute atomic E-state index is 11.9. The van der Waals surface area contributed by atoms with Gasteiger partial charge in [-0.05, 0) is 18.2 Å². The first kappa shape index (κ1) is 15.2. The van der Waals surface area contributed by atoms with Gasteiger partial charge in [-0.1, -0.05) is 0 Å². The van der Waals surface area contributed by atoms with Crippen molar-refractivity contribution in [2.45, 2.75) is 11.1 Å². The monoisotopic (exact) mass is 298 g/mol. The zero-order chi connectivity index (χ0) is 14.8. The molecule has 0 aromatic heterocycles. The van der Waals surface area contributed by atoms with Crippen LogP contribution in [0.25, 0.3) is 0 Å². The van der Waals surface area contributed by atoms with Crippen LogP contribution >= 0.6 is 0 Å². The summed E-state index contributed by atoms with van der Waals surface area (Å²) in [5.74, 6) is -1.33. The summed E-state index contributed by atoms with van der Waals surface area (Å²) in [6, 6.07) is 2.61. The first-order chi connectivity index (χ1) is 8.53. The van der Waals surface area contributed by atoms with Gasteiger partial charge in [-0.2, -0.15) is 13.2 Å². The van der Waals surface area contributed by atoms with Crippen molar-refractivity contribution >= 4 is 21.7 Å². The van der Waals surface area contributed by atoms with Crippen molar-refractivity contribution in [3.8, 4) is 0 Å². The summed E-state index contributed by atoms with van der Waals surface area (Å²) < 4.78 is 60.2. The largest absolute Gasteiger partial charge is 0.478 e. The van der Waals surface area contributed by atoms with Gasteiger partial charge in [-0.25, -0.2) is 17.9 Å². The molecule has 0 fully saturated rings. The quantitative estimate of drug-likeness (QED) is 0.712. The Balaban J connectivity index is 3.06. The topological polar surface area (TPSA) is 109 Å². The first-order valence-electron chi connectivity index (χ1n) is 4.72. The van der Waals surface area contributed by atoms with Crippen molar-refractivity contribution in [3.05, 3.63) is 23.8 Å². The van der Waals surface area contributed by atoms with E-state index >= 15 is 0 Å². The van der Waals surface area contributed by atoms with Crippen molar-refractivity contribution in [2.75, 3.05) is 12.3 Å². The number of nitrogens with two attached hydrogens (primary N) is 1. The molecule has 10 heteroatoms. The molecule has 0 aliphatic heterocycles. The number of sulfonamides is 1. The number of aromatic carboxylic acids is 1. The van der Waals surface area contributed by atoms with Crippen LogP contribution in [0.4, 0.5) is 18.9 Å². The Hall–Kier alpha value is -1.81. The fraction of sp³-hybridized carbons (Fsp3) is 0.222. The highest BCUT2D eigenvalue weighted by Crippen LogP contribution is 2.21. The van der Waals surface area contributed by atoms with Gasteiger partial charge in [-0.3, -0.25) is 0 Å². The van der Waals surface area contributed by atoms with Gasteiger partial charge in [0, 0.05) is 0 Å². The van der Waals surface area contributed by atoms with E-state index < -0.39 is 39.3 Å². The number of halogens is 3. The fourth-order valence-electron chi connectivity index (χ4n) is 1.18. The molecule has 1 rings (SSSR count). The molecule has 4 N–H and O–H groups in total. The number of alkyl halides is 3. The van der Waals surface area contributed by atoms with E-state index in [-0.39, 0.29) is 5.56 Å². The van der Waals surface area contributed by atoms with Gasteiger partial charge in [0.1, 0.15) is 11.4 Å². The molecule has 0 saturated carbocycles. The Morgan fingerprint density at radius 1 is 1.37 bits per heavy atom. The van der Waals surface area contributed by atoms with Crippen LogP contribution in [-0.4, -0.2) is 32.2 Å². The second kappa shape index (κ2) is 5.05. The number of nitrogen functional groups attached to an aromatic ring is 1. The summed E-state index contributed by atoms with van der Waals surface area (Å²) in [4.78, 5) is 9.99. The summed E-state index contributed by atoms with van der Waals surface area (Å²) in [7, 11) is -4.45. The van der Waals surface area contributed by atoms with E-state index in [9.17, 15) is 26.4 Å². The molecule has 0 unspecified atom stereocenters. The van der Waals surface area contributed by atoms with Gasteiger partial charge in [0.05, 0.1) is 11.3 Å². The molecule has 0 aliphatic carbocycles. The Morgan fingerprint density at radius 2 is 1.95 bits per heavy atom. The molecule has 1 aromatic rings. The summed E-state index contributed by atoms with van der Waals surface area (Å²) in [5.41, 5.74) is 4.60. The van der Waals surface area contributed by atoms with Crippen LogP contribution in [0.3, 0.4) is 0 Å². The predicted molar refractivity (Wildman–Crippen MR) is 59.1 cm³/mol. The molecule has 0 aliphatic rings. The minimum absolute atomic E-state index is 0.271. The van der Waals surface area contributed by atoms with Crippen molar-refractivity contribution in [1.82, 2.24) is 4.72 Å². The molecule has 106 valence electrons. The SMILES string of the molecule is Nc1cc(C(=O)O)ccc1S(=O)(=O)NCC(F)(F)F. The molecule has 0 amide bonds. The molecule has 0 atom stereocenters. The van der Waals surface area contributed by atoms with E-state index in [1.165, 1.54) is 4.72 Å². The summed E-state index contributed by atoms with van der Waals surface area (Å²) in [5, 5.41) is 8.64. The zero-order valence-electron chi connectivity index (χ0n) is 9.23. The maximum atomic E-state index is 11.9. The van der Waals surface area contributed by atoms with Crippen molar-refractivity contribution < 1.29 is 31.5 Å². The molecule has 0 heterocycles. The minimum atomic E-state index is -4.71. The predicted octanol–water partition coefficient (Wildman–Crippen LogP) is 0.808. The van der Waals surface area contributed by atoms with Crippen LogP contribution in [0.15, 0.2) is 23.1 Å². The van der Waals surface area contributed by atoms with E-state index in [1.807, 2.05) is 0 Å². The number of anilines is 1. The number of carbonyl (C=O) groups is 1. The molecule has 0 bridgehead atoms. The van der Waals surface area contributed by atoms with Crippen molar-refractivity contribution in [3.63, 3.8) is 0 Å². The number of hydrogen-bond donors (Lipinski definition) is 3. The lowest BCUT2D eigenvalue weighted by molar-refractivity contribution is -0.121. The Bertz CT molecular complexity index is 598. The molecule has 6 nitrogen and oxygen atoms in total. The highest BCUT2D eigenvalue weighted by atomic mass is 32.2. The first-order valence-corrected chi connectivity index (χ1v) is 6.20. The van der Waals surface area contributed by atoms with E-state index in [0.29, 0.717) is 0 Å². The average Bonchev–Trinajstić information content (AvgIpc) is 2.25. The number of hydrogen-bond acceptors (Lipinski definition) is 4. The van der Waals surface area contributed by atoms with Gasteiger partial charge < -0.3 is 10.8 Å².